The number of benzene rings is 1. The Morgan fingerprint density at radius 3 is 2.60 bits per heavy atom. The minimum atomic E-state index is -0.402. The van der Waals surface area contributed by atoms with Crippen molar-refractivity contribution in [2.24, 2.45) is 11.8 Å². The summed E-state index contributed by atoms with van der Waals surface area (Å²) < 4.78 is 13.9. The van der Waals surface area contributed by atoms with Crippen molar-refractivity contribution in [2.75, 3.05) is 11.9 Å². The fraction of sp³-hybridized carbons (Fsp3) is 0.533. The van der Waals surface area contributed by atoms with Crippen molar-refractivity contribution in [1.29, 1.82) is 0 Å². The summed E-state index contributed by atoms with van der Waals surface area (Å²) in [5.41, 5.74) is 0.364. The number of halogens is 3. The fourth-order valence-electron chi connectivity index (χ4n) is 2.77. The highest BCUT2D eigenvalue weighted by atomic mass is 79.9. The molecule has 2 atom stereocenters. The van der Waals surface area contributed by atoms with Crippen molar-refractivity contribution >= 4 is 37.8 Å². The van der Waals surface area contributed by atoms with Gasteiger partial charge in [0.1, 0.15) is 5.82 Å². The molecule has 2 rings (SSSR count). The summed E-state index contributed by atoms with van der Waals surface area (Å²) in [5, 5.41) is 3.93. The van der Waals surface area contributed by atoms with Crippen molar-refractivity contribution in [1.82, 2.24) is 5.32 Å². The highest BCUT2D eigenvalue weighted by Crippen LogP contribution is 2.30. The van der Waals surface area contributed by atoms with Gasteiger partial charge in [-0.25, -0.2) is 4.39 Å². The molecule has 0 bridgehead atoms. The van der Waals surface area contributed by atoms with Gasteiger partial charge < -0.3 is 5.32 Å². The lowest BCUT2D eigenvalue weighted by Crippen LogP contribution is -2.34. The van der Waals surface area contributed by atoms with Gasteiger partial charge in [0.25, 0.3) is 5.91 Å². The van der Waals surface area contributed by atoms with Gasteiger partial charge in [0.05, 0.1) is 0 Å². The Hall–Kier alpha value is -0.420. The first-order chi connectivity index (χ1) is 9.60. The van der Waals surface area contributed by atoms with Crippen molar-refractivity contribution < 1.29 is 9.18 Å². The predicted molar refractivity (Wildman–Crippen MR) is 85.7 cm³/mol. The zero-order valence-corrected chi connectivity index (χ0v) is 14.3. The minimum absolute atomic E-state index is 0.205. The van der Waals surface area contributed by atoms with Gasteiger partial charge in [0, 0.05) is 21.9 Å². The minimum Gasteiger partial charge on any atom is -0.352 e. The molecule has 2 unspecified atom stereocenters. The van der Waals surface area contributed by atoms with Gasteiger partial charge in [-0.1, -0.05) is 44.7 Å². The summed E-state index contributed by atoms with van der Waals surface area (Å²) in [6.45, 7) is 0.670. The predicted octanol–water partition coefficient (Wildman–Crippen LogP) is 4.52. The molecule has 1 amide bonds. The third-order valence-corrected chi connectivity index (χ3v) is 5.20. The van der Waals surface area contributed by atoms with Crippen LogP contribution in [0.3, 0.4) is 0 Å². The molecule has 0 aromatic heterocycles. The molecule has 1 aliphatic carbocycles. The van der Waals surface area contributed by atoms with Gasteiger partial charge >= 0.3 is 0 Å². The van der Waals surface area contributed by atoms with Gasteiger partial charge in [0.15, 0.2) is 0 Å². The van der Waals surface area contributed by atoms with E-state index in [9.17, 15) is 9.18 Å². The number of amides is 1. The second kappa shape index (κ2) is 7.55. The van der Waals surface area contributed by atoms with Crippen LogP contribution in [-0.4, -0.2) is 17.8 Å². The highest BCUT2D eigenvalue weighted by molar-refractivity contribution is 9.10. The molecule has 1 saturated carbocycles. The number of carbonyl (C=O) groups is 1. The van der Waals surface area contributed by atoms with Crippen molar-refractivity contribution in [3.63, 3.8) is 0 Å². The summed E-state index contributed by atoms with van der Waals surface area (Å²) in [4.78, 5) is 12.1. The molecule has 0 heterocycles. The van der Waals surface area contributed by atoms with Crippen LogP contribution in [-0.2, 0) is 0 Å². The second-order valence-electron chi connectivity index (χ2n) is 5.33. The molecule has 0 saturated heterocycles. The number of hydrogen-bond acceptors (Lipinski definition) is 1. The second-order valence-corrected chi connectivity index (χ2v) is 6.89. The quantitative estimate of drug-likeness (QED) is 0.731. The summed E-state index contributed by atoms with van der Waals surface area (Å²) in [6.07, 6.45) is 4.88. The molecule has 5 heteroatoms. The van der Waals surface area contributed by atoms with Crippen molar-refractivity contribution in [3.8, 4) is 0 Å². The number of hydrogen-bond donors (Lipinski definition) is 1. The lowest BCUT2D eigenvalue weighted by Gasteiger charge is -2.30. The summed E-state index contributed by atoms with van der Waals surface area (Å²) >= 11 is 6.76. The first-order valence-corrected chi connectivity index (χ1v) is 8.82. The van der Waals surface area contributed by atoms with Crippen LogP contribution in [0.1, 0.15) is 36.0 Å². The van der Waals surface area contributed by atoms with E-state index in [1.165, 1.54) is 31.4 Å². The first kappa shape index (κ1) is 16.0. The standard InChI is InChI=1S/C15H18Br2FNO/c16-8-10-3-1-2-4-11(10)9-19-15(20)12-5-13(17)7-14(18)6-12/h5-7,10-11H,1-4,8-9H2,(H,19,20). The maximum absolute atomic E-state index is 13.3. The molecule has 1 aromatic carbocycles. The van der Waals surface area contributed by atoms with E-state index in [0.29, 0.717) is 28.4 Å². The number of alkyl halides is 1. The fourth-order valence-corrected chi connectivity index (χ4v) is 4.08. The zero-order chi connectivity index (χ0) is 14.5. The maximum Gasteiger partial charge on any atom is 0.251 e. The molecular weight excluding hydrogens is 389 g/mol. The largest absolute Gasteiger partial charge is 0.352 e. The smallest absolute Gasteiger partial charge is 0.251 e. The monoisotopic (exact) mass is 405 g/mol. The normalized spacial score (nSPS) is 22.6. The molecule has 0 radical (unpaired) electrons. The molecule has 1 N–H and O–H groups in total. The molecule has 0 aliphatic heterocycles. The van der Waals surface area contributed by atoms with Crippen molar-refractivity contribution in [3.05, 3.63) is 34.1 Å². The Labute approximate surface area is 135 Å². The van der Waals surface area contributed by atoms with Gasteiger partial charge in [-0.05, 0) is 42.9 Å². The molecule has 110 valence electrons. The first-order valence-electron chi connectivity index (χ1n) is 6.90. The Kier molecular flexibility index (Phi) is 6.02. The molecule has 1 fully saturated rings. The Morgan fingerprint density at radius 1 is 1.25 bits per heavy atom. The van der Waals surface area contributed by atoms with Crippen LogP contribution >= 0.6 is 31.9 Å². The van der Waals surface area contributed by atoms with E-state index >= 15 is 0 Å². The van der Waals surface area contributed by atoms with Crippen LogP contribution in [0.4, 0.5) is 4.39 Å². The van der Waals surface area contributed by atoms with Crippen molar-refractivity contribution in [2.45, 2.75) is 25.7 Å². The van der Waals surface area contributed by atoms with Gasteiger partial charge in [-0.2, -0.15) is 0 Å². The molecule has 0 spiro atoms. The van der Waals surface area contributed by atoms with Crippen LogP contribution < -0.4 is 5.32 Å². The Morgan fingerprint density at radius 2 is 1.95 bits per heavy atom. The number of rotatable bonds is 4. The van der Waals surface area contributed by atoms with E-state index in [4.69, 9.17) is 0 Å². The zero-order valence-electron chi connectivity index (χ0n) is 11.2. The van der Waals surface area contributed by atoms with Crippen LogP contribution in [0, 0.1) is 17.7 Å². The van der Waals surface area contributed by atoms with E-state index in [1.54, 1.807) is 6.07 Å². The third kappa shape index (κ3) is 4.29. The highest BCUT2D eigenvalue weighted by Gasteiger charge is 2.24. The molecular formula is C15H18Br2FNO. The topological polar surface area (TPSA) is 29.1 Å². The third-order valence-electron chi connectivity index (χ3n) is 3.91. The SMILES string of the molecule is O=C(NCC1CCCCC1CBr)c1cc(F)cc(Br)c1. The molecule has 2 nitrogen and oxygen atoms in total. The molecule has 1 aromatic rings. The summed E-state index contributed by atoms with van der Waals surface area (Å²) in [6, 6.07) is 4.25. The van der Waals surface area contributed by atoms with E-state index in [1.807, 2.05) is 0 Å². The van der Waals surface area contributed by atoms with Crippen LogP contribution in [0.2, 0.25) is 0 Å². The Balaban J connectivity index is 1.94. The molecule has 20 heavy (non-hydrogen) atoms. The maximum atomic E-state index is 13.3. The lowest BCUT2D eigenvalue weighted by atomic mass is 9.80. The lowest BCUT2D eigenvalue weighted by molar-refractivity contribution is 0.0936. The van der Waals surface area contributed by atoms with Crippen LogP contribution in [0.25, 0.3) is 0 Å². The summed E-state index contributed by atoms with van der Waals surface area (Å²) in [5.74, 6) is 0.539. The van der Waals surface area contributed by atoms with Crippen LogP contribution in [0.15, 0.2) is 22.7 Å². The van der Waals surface area contributed by atoms with Gasteiger partial charge in [0.2, 0.25) is 0 Å². The van der Waals surface area contributed by atoms with E-state index < -0.39 is 5.82 Å². The van der Waals surface area contributed by atoms with Crippen LogP contribution in [0.5, 0.6) is 0 Å². The summed E-state index contributed by atoms with van der Waals surface area (Å²) in [7, 11) is 0. The van der Waals surface area contributed by atoms with E-state index in [-0.39, 0.29) is 5.91 Å². The average molecular weight is 407 g/mol. The van der Waals surface area contributed by atoms with Gasteiger partial charge in [-0.3, -0.25) is 4.79 Å². The average Bonchev–Trinajstić information content (AvgIpc) is 2.44. The van der Waals surface area contributed by atoms with E-state index in [2.05, 4.69) is 37.2 Å². The van der Waals surface area contributed by atoms with E-state index in [0.717, 1.165) is 11.8 Å². The molecule has 1 aliphatic rings. The van der Waals surface area contributed by atoms with Gasteiger partial charge in [-0.15, -0.1) is 0 Å². The number of nitrogens with one attached hydrogen (secondary N) is 1. The Bertz CT molecular complexity index is 461. The number of carbonyl (C=O) groups excluding carboxylic acids is 1.